The van der Waals surface area contributed by atoms with E-state index in [1.54, 1.807) is 29.3 Å². The molecule has 7 nitrogen and oxygen atoms in total. The van der Waals surface area contributed by atoms with Gasteiger partial charge in [0.15, 0.2) is 0 Å². The lowest BCUT2D eigenvalue weighted by atomic mass is 10.2. The predicted octanol–water partition coefficient (Wildman–Crippen LogP) is 2.61. The van der Waals surface area contributed by atoms with Gasteiger partial charge in [-0.15, -0.1) is 6.58 Å². The van der Waals surface area contributed by atoms with E-state index in [9.17, 15) is 9.59 Å². The van der Waals surface area contributed by atoms with Gasteiger partial charge in [0, 0.05) is 37.1 Å². The fraction of sp³-hybridized carbons (Fsp3) is 0.353. The lowest BCUT2D eigenvalue weighted by Gasteiger charge is -2.01. The molecule has 0 radical (unpaired) electrons. The second-order valence-corrected chi connectivity index (χ2v) is 5.76. The van der Waals surface area contributed by atoms with Gasteiger partial charge in [0.25, 0.3) is 5.56 Å². The smallest absolute Gasteiger partial charge is 0.325 e. The topological polar surface area (TPSA) is 84.7 Å². The standard InChI is InChI=1S/C17H21N5O2/c1-3-5-6-8-22-16(23)12-9-19-14-11-21(17(24)18-7-4-2)10-13(14)15(12)20-22/h4,9-11,20H,2-3,5-8H2,1H3,(H,18,24). The molecule has 126 valence electrons. The maximum Gasteiger partial charge on any atom is 0.325 e. The highest BCUT2D eigenvalue weighted by molar-refractivity contribution is 6.03. The Morgan fingerprint density at radius 1 is 1.38 bits per heavy atom. The third kappa shape index (κ3) is 2.84. The average Bonchev–Trinajstić information content (AvgIpc) is 3.15. The summed E-state index contributed by atoms with van der Waals surface area (Å²) in [6.07, 6.45) is 9.66. The molecule has 0 aliphatic rings. The van der Waals surface area contributed by atoms with Gasteiger partial charge >= 0.3 is 6.03 Å². The quantitative estimate of drug-likeness (QED) is 0.539. The second kappa shape index (κ2) is 6.74. The Morgan fingerprint density at radius 2 is 2.21 bits per heavy atom. The van der Waals surface area contributed by atoms with Gasteiger partial charge in [0.05, 0.1) is 16.4 Å². The zero-order valence-electron chi connectivity index (χ0n) is 13.7. The van der Waals surface area contributed by atoms with Crippen LogP contribution in [0, 0.1) is 0 Å². The Bertz CT molecular complexity index is 947. The number of hydrogen-bond acceptors (Lipinski definition) is 3. The van der Waals surface area contributed by atoms with Crippen molar-refractivity contribution in [1.82, 2.24) is 24.6 Å². The summed E-state index contributed by atoms with van der Waals surface area (Å²) < 4.78 is 3.06. The van der Waals surface area contributed by atoms with Gasteiger partial charge in [-0.25, -0.2) is 4.79 Å². The number of rotatable bonds is 6. The predicted molar refractivity (Wildman–Crippen MR) is 94.4 cm³/mol. The van der Waals surface area contributed by atoms with Crippen molar-refractivity contribution in [3.63, 3.8) is 0 Å². The number of nitrogens with zero attached hydrogens (tertiary/aromatic N) is 3. The molecule has 2 N–H and O–H groups in total. The van der Waals surface area contributed by atoms with Crippen LogP contribution in [-0.2, 0) is 6.54 Å². The minimum atomic E-state index is -0.259. The van der Waals surface area contributed by atoms with Crippen LogP contribution in [0.3, 0.4) is 0 Å². The first-order chi connectivity index (χ1) is 11.7. The molecule has 0 aromatic carbocycles. The Balaban J connectivity index is 2.01. The van der Waals surface area contributed by atoms with Crippen LogP contribution in [0.5, 0.6) is 0 Å². The lowest BCUT2D eigenvalue weighted by Crippen LogP contribution is -2.27. The number of carbonyl (C=O) groups is 1. The minimum Gasteiger partial charge on any atom is -0.334 e. The fourth-order valence-electron chi connectivity index (χ4n) is 2.74. The first-order valence-corrected chi connectivity index (χ1v) is 8.14. The number of carbonyl (C=O) groups excluding carboxylic acids is 1. The van der Waals surface area contributed by atoms with Crippen LogP contribution in [0.1, 0.15) is 26.2 Å². The van der Waals surface area contributed by atoms with Crippen molar-refractivity contribution in [2.45, 2.75) is 32.7 Å². The summed E-state index contributed by atoms with van der Waals surface area (Å²) in [6, 6.07) is -0.259. The van der Waals surface area contributed by atoms with E-state index < -0.39 is 0 Å². The summed E-state index contributed by atoms with van der Waals surface area (Å²) >= 11 is 0. The molecule has 3 aromatic rings. The second-order valence-electron chi connectivity index (χ2n) is 5.76. The molecule has 0 unspecified atom stereocenters. The average molecular weight is 327 g/mol. The highest BCUT2D eigenvalue weighted by Gasteiger charge is 2.14. The Morgan fingerprint density at radius 3 is 2.96 bits per heavy atom. The van der Waals surface area contributed by atoms with Gasteiger partial charge in [-0.3, -0.25) is 24.1 Å². The van der Waals surface area contributed by atoms with Crippen molar-refractivity contribution in [2.24, 2.45) is 0 Å². The molecule has 0 spiro atoms. The summed E-state index contributed by atoms with van der Waals surface area (Å²) in [5.41, 5.74) is 1.31. The zero-order valence-corrected chi connectivity index (χ0v) is 13.7. The molecule has 24 heavy (non-hydrogen) atoms. The van der Waals surface area contributed by atoms with Crippen molar-refractivity contribution in [3.05, 3.63) is 41.6 Å². The molecule has 0 aliphatic heterocycles. The van der Waals surface area contributed by atoms with Gasteiger partial charge < -0.3 is 5.32 Å². The monoisotopic (exact) mass is 327 g/mol. The number of pyridine rings is 1. The van der Waals surface area contributed by atoms with E-state index in [0.29, 0.717) is 24.0 Å². The number of unbranched alkanes of at least 4 members (excludes halogenated alkanes) is 2. The van der Waals surface area contributed by atoms with E-state index in [1.807, 2.05) is 0 Å². The van der Waals surface area contributed by atoms with E-state index >= 15 is 0 Å². The molecular formula is C17H21N5O2. The molecule has 0 aliphatic carbocycles. The van der Waals surface area contributed by atoms with Gasteiger partial charge in [-0.2, -0.15) is 0 Å². The van der Waals surface area contributed by atoms with Crippen LogP contribution < -0.4 is 10.9 Å². The molecule has 0 fully saturated rings. The van der Waals surface area contributed by atoms with Crippen LogP contribution in [0.2, 0.25) is 0 Å². The number of nitrogens with one attached hydrogen (secondary N) is 2. The molecule has 0 atom stereocenters. The molecule has 3 heterocycles. The molecule has 3 aromatic heterocycles. The van der Waals surface area contributed by atoms with E-state index in [2.05, 4.69) is 28.9 Å². The summed E-state index contributed by atoms with van der Waals surface area (Å²) in [7, 11) is 0. The number of hydrogen-bond donors (Lipinski definition) is 2. The van der Waals surface area contributed by atoms with Gasteiger partial charge in [-0.05, 0) is 6.42 Å². The van der Waals surface area contributed by atoms with Crippen LogP contribution >= 0.6 is 0 Å². The van der Waals surface area contributed by atoms with Crippen molar-refractivity contribution in [3.8, 4) is 0 Å². The Kier molecular flexibility index (Phi) is 4.50. The lowest BCUT2D eigenvalue weighted by molar-refractivity contribution is 0.243. The number of H-pyrrole nitrogens is 1. The summed E-state index contributed by atoms with van der Waals surface area (Å²) in [5.74, 6) is 0. The molecule has 0 bridgehead atoms. The summed E-state index contributed by atoms with van der Waals surface area (Å²) in [6.45, 7) is 6.75. The molecule has 0 saturated heterocycles. The van der Waals surface area contributed by atoms with E-state index in [1.165, 1.54) is 4.57 Å². The van der Waals surface area contributed by atoms with Crippen molar-refractivity contribution < 1.29 is 4.79 Å². The van der Waals surface area contributed by atoms with E-state index in [0.717, 1.165) is 30.2 Å². The number of aryl methyl sites for hydroxylation is 1. The number of amides is 1. The third-order valence-corrected chi connectivity index (χ3v) is 4.02. The van der Waals surface area contributed by atoms with Crippen molar-refractivity contribution in [1.29, 1.82) is 0 Å². The highest BCUT2D eigenvalue weighted by atomic mass is 16.2. The molecule has 7 heteroatoms. The molecule has 1 amide bonds. The SMILES string of the molecule is C=CCNC(=O)n1cc2ncc3c(=O)n(CCCCC)[nH]c3c2c1. The van der Waals surface area contributed by atoms with E-state index in [4.69, 9.17) is 0 Å². The number of fused-ring (bicyclic) bond motifs is 3. The Labute approximate surface area is 139 Å². The molecule has 3 rings (SSSR count). The largest absolute Gasteiger partial charge is 0.334 e. The van der Waals surface area contributed by atoms with Crippen molar-refractivity contribution in [2.75, 3.05) is 6.54 Å². The maximum atomic E-state index is 12.4. The highest BCUT2D eigenvalue weighted by Crippen LogP contribution is 2.21. The normalized spacial score (nSPS) is 11.2. The van der Waals surface area contributed by atoms with Gasteiger partial charge in [0.1, 0.15) is 0 Å². The van der Waals surface area contributed by atoms with Crippen LogP contribution in [0.4, 0.5) is 4.79 Å². The van der Waals surface area contributed by atoms with Crippen molar-refractivity contribution >= 4 is 27.8 Å². The molecule has 0 saturated carbocycles. The summed E-state index contributed by atoms with van der Waals surface area (Å²) in [4.78, 5) is 28.8. The Hall–Kier alpha value is -2.83. The zero-order chi connectivity index (χ0) is 17.1. The van der Waals surface area contributed by atoms with Gasteiger partial charge in [0.2, 0.25) is 0 Å². The summed E-state index contributed by atoms with van der Waals surface area (Å²) in [5, 5.41) is 7.18. The van der Waals surface area contributed by atoms with Gasteiger partial charge in [-0.1, -0.05) is 25.8 Å². The minimum absolute atomic E-state index is 0.0700. The van der Waals surface area contributed by atoms with Crippen LogP contribution in [0.25, 0.3) is 21.8 Å². The van der Waals surface area contributed by atoms with E-state index in [-0.39, 0.29) is 11.6 Å². The van der Waals surface area contributed by atoms with Crippen LogP contribution in [0.15, 0.2) is 36.0 Å². The first kappa shape index (κ1) is 16.0. The number of aromatic nitrogens is 4. The van der Waals surface area contributed by atoms with Crippen LogP contribution in [-0.4, -0.2) is 31.9 Å². The first-order valence-electron chi connectivity index (χ1n) is 8.14. The fourth-order valence-corrected chi connectivity index (χ4v) is 2.74. The maximum absolute atomic E-state index is 12.4. The molecular weight excluding hydrogens is 306 g/mol. The number of aromatic amines is 1. The third-order valence-electron chi connectivity index (χ3n) is 4.02.